The van der Waals surface area contributed by atoms with Crippen molar-refractivity contribution in [2.45, 2.75) is 64.2 Å². The summed E-state index contributed by atoms with van der Waals surface area (Å²) in [6.45, 7) is 0.00778. The van der Waals surface area contributed by atoms with E-state index in [4.69, 9.17) is 15.7 Å². The monoisotopic (exact) mass is 391 g/mol. The Hall–Kier alpha value is -1.19. The number of aliphatic hydroxyl groups excluding tert-OH is 1. The molecule has 4 N–H and O–H groups in total. The first kappa shape index (κ1) is 22.9. The van der Waals surface area contributed by atoms with E-state index >= 15 is 0 Å². The first-order valence-electron chi connectivity index (χ1n) is 9.40. The molecule has 0 saturated heterocycles. The number of oxime groups is 1. The zero-order valence-electron chi connectivity index (χ0n) is 15.7. The number of nitrogens with two attached hydrogens (primary N) is 1. The van der Waals surface area contributed by atoms with Gasteiger partial charge in [-0.2, -0.15) is 0 Å². The Bertz CT molecular complexity index is 545. The van der Waals surface area contributed by atoms with Crippen molar-refractivity contribution >= 4 is 21.8 Å². The van der Waals surface area contributed by atoms with Crippen LogP contribution in [0.2, 0.25) is 0 Å². The molecule has 0 aliphatic heterocycles. The molecule has 1 saturated carbocycles. The fourth-order valence-electron chi connectivity index (χ4n) is 3.25. The highest BCUT2D eigenvalue weighted by Gasteiger charge is 2.21. The SMILES string of the molecule is CS(=O)(=O)NCC/C(N)=N/OC(=O)[C@@H](CCO)CCCC1CCCCC1. The van der Waals surface area contributed by atoms with E-state index in [-0.39, 0.29) is 25.4 Å². The maximum Gasteiger partial charge on any atom is 0.338 e. The third-order valence-electron chi connectivity index (χ3n) is 4.70. The Morgan fingerprint density at radius 1 is 1.31 bits per heavy atom. The van der Waals surface area contributed by atoms with Crippen molar-refractivity contribution in [1.29, 1.82) is 0 Å². The summed E-state index contributed by atoms with van der Waals surface area (Å²) < 4.78 is 24.2. The van der Waals surface area contributed by atoms with E-state index in [0.717, 1.165) is 25.0 Å². The van der Waals surface area contributed by atoms with Crippen LogP contribution >= 0.6 is 0 Å². The lowest BCUT2D eigenvalue weighted by atomic mass is 9.84. The van der Waals surface area contributed by atoms with E-state index in [1.54, 1.807) is 0 Å². The average Bonchev–Trinajstić information content (AvgIpc) is 2.58. The van der Waals surface area contributed by atoms with Gasteiger partial charge >= 0.3 is 5.97 Å². The minimum Gasteiger partial charge on any atom is -0.396 e. The summed E-state index contributed by atoms with van der Waals surface area (Å²) in [5.41, 5.74) is 5.61. The summed E-state index contributed by atoms with van der Waals surface area (Å²) in [5.74, 6) is -0.0963. The first-order chi connectivity index (χ1) is 12.3. The van der Waals surface area contributed by atoms with Crippen molar-refractivity contribution in [2.75, 3.05) is 19.4 Å². The number of rotatable bonds is 12. The molecule has 0 amide bonds. The summed E-state index contributed by atoms with van der Waals surface area (Å²) in [6.07, 6.45) is 10.7. The van der Waals surface area contributed by atoms with E-state index in [0.29, 0.717) is 12.8 Å². The lowest BCUT2D eigenvalue weighted by molar-refractivity contribution is -0.149. The zero-order chi connectivity index (χ0) is 19.4. The maximum atomic E-state index is 12.1. The second kappa shape index (κ2) is 12.2. The van der Waals surface area contributed by atoms with E-state index < -0.39 is 21.9 Å². The fourth-order valence-corrected chi connectivity index (χ4v) is 3.73. The normalized spacial score (nSPS) is 17.8. The molecule has 0 aromatic heterocycles. The molecule has 0 heterocycles. The smallest absolute Gasteiger partial charge is 0.338 e. The maximum absolute atomic E-state index is 12.1. The van der Waals surface area contributed by atoms with Crippen LogP contribution in [0.5, 0.6) is 0 Å². The first-order valence-corrected chi connectivity index (χ1v) is 11.3. The molecule has 0 aromatic rings. The van der Waals surface area contributed by atoms with Crippen LogP contribution in [-0.4, -0.2) is 44.7 Å². The highest BCUT2D eigenvalue weighted by molar-refractivity contribution is 7.88. The van der Waals surface area contributed by atoms with Crippen molar-refractivity contribution < 1.29 is 23.2 Å². The second-order valence-corrected chi connectivity index (χ2v) is 8.89. The van der Waals surface area contributed by atoms with Gasteiger partial charge in [-0.25, -0.2) is 17.9 Å². The van der Waals surface area contributed by atoms with Gasteiger partial charge in [0.1, 0.15) is 5.84 Å². The van der Waals surface area contributed by atoms with Crippen molar-refractivity contribution in [3.05, 3.63) is 0 Å². The van der Waals surface area contributed by atoms with Crippen LogP contribution in [0.3, 0.4) is 0 Å². The number of nitrogens with one attached hydrogen (secondary N) is 1. The molecule has 8 nitrogen and oxygen atoms in total. The number of nitrogens with zero attached hydrogens (tertiary/aromatic N) is 1. The van der Waals surface area contributed by atoms with Gasteiger partial charge < -0.3 is 15.7 Å². The Labute approximate surface area is 156 Å². The molecule has 152 valence electrons. The van der Waals surface area contributed by atoms with Gasteiger partial charge in [0.05, 0.1) is 12.2 Å². The highest BCUT2D eigenvalue weighted by Crippen LogP contribution is 2.28. The Morgan fingerprint density at radius 3 is 2.62 bits per heavy atom. The Kier molecular flexibility index (Phi) is 10.8. The second-order valence-electron chi connectivity index (χ2n) is 7.05. The molecule has 1 rings (SSSR count). The quantitative estimate of drug-likeness (QED) is 0.200. The van der Waals surface area contributed by atoms with Crippen LogP contribution in [0.15, 0.2) is 5.16 Å². The molecule has 0 unspecified atom stereocenters. The molecular weight excluding hydrogens is 358 g/mol. The van der Waals surface area contributed by atoms with Gasteiger partial charge in [0.2, 0.25) is 10.0 Å². The molecule has 0 bridgehead atoms. The van der Waals surface area contributed by atoms with E-state index in [2.05, 4.69) is 9.88 Å². The molecule has 0 aromatic carbocycles. The van der Waals surface area contributed by atoms with Crippen molar-refractivity contribution in [3.63, 3.8) is 0 Å². The predicted molar refractivity (Wildman–Crippen MR) is 101 cm³/mol. The molecule has 1 atom stereocenters. The number of amidine groups is 1. The number of carbonyl (C=O) groups excluding carboxylic acids is 1. The molecule has 1 aliphatic rings. The average molecular weight is 392 g/mol. The van der Waals surface area contributed by atoms with Gasteiger partial charge in [-0.15, -0.1) is 0 Å². The fraction of sp³-hybridized carbons (Fsp3) is 0.882. The van der Waals surface area contributed by atoms with Gasteiger partial charge in [-0.1, -0.05) is 50.1 Å². The van der Waals surface area contributed by atoms with Crippen molar-refractivity contribution in [1.82, 2.24) is 4.72 Å². The molecule has 0 radical (unpaired) electrons. The van der Waals surface area contributed by atoms with E-state index in [1.165, 1.54) is 32.1 Å². The summed E-state index contributed by atoms with van der Waals surface area (Å²) in [4.78, 5) is 17.0. The summed E-state index contributed by atoms with van der Waals surface area (Å²) in [6, 6.07) is 0. The van der Waals surface area contributed by atoms with Crippen LogP contribution in [0.1, 0.15) is 64.2 Å². The number of hydrogen-bond donors (Lipinski definition) is 3. The molecule has 1 fully saturated rings. The van der Waals surface area contributed by atoms with Crippen LogP contribution in [0, 0.1) is 11.8 Å². The summed E-state index contributed by atoms with van der Waals surface area (Å²) in [7, 11) is -3.29. The molecule has 0 spiro atoms. The third kappa shape index (κ3) is 10.7. The number of sulfonamides is 1. The minimum absolute atomic E-state index is 0.0412. The van der Waals surface area contributed by atoms with Crippen molar-refractivity contribution in [2.24, 2.45) is 22.7 Å². The van der Waals surface area contributed by atoms with Gasteiger partial charge in [-0.05, 0) is 18.8 Å². The van der Waals surface area contributed by atoms with Gasteiger partial charge in [0.15, 0.2) is 0 Å². The van der Waals surface area contributed by atoms with Gasteiger partial charge in [0, 0.05) is 19.6 Å². The van der Waals surface area contributed by atoms with E-state index in [1.807, 2.05) is 0 Å². The molecule has 9 heteroatoms. The third-order valence-corrected chi connectivity index (χ3v) is 5.43. The molecule has 26 heavy (non-hydrogen) atoms. The van der Waals surface area contributed by atoms with Crippen molar-refractivity contribution in [3.8, 4) is 0 Å². The van der Waals surface area contributed by atoms with Crippen LogP contribution in [0.4, 0.5) is 0 Å². The Morgan fingerprint density at radius 2 is 2.00 bits per heavy atom. The lowest BCUT2D eigenvalue weighted by Crippen LogP contribution is -2.27. The van der Waals surface area contributed by atoms with Gasteiger partial charge in [-0.3, -0.25) is 0 Å². The minimum atomic E-state index is -3.29. The van der Waals surface area contributed by atoms with E-state index in [9.17, 15) is 13.2 Å². The van der Waals surface area contributed by atoms with Crippen LogP contribution in [-0.2, 0) is 19.7 Å². The molecule has 1 aliphatic carbocycles. The summed E-state index contributed by atoms with van der Waals surface area (Å²) in [5, 5.41) is 12.7. The van der Waals surface area contributed by atoms with Gasteiger partial charge in [0.25, 0.3) is 0 Å². The largest absolute Gasteiger partial charge is 0.396 e. The topological polar surface area (TPSA) is 131 Å². The number of carbonyl (C=O) groups is 1. The zero-order valence-corrected chi connectivity index (χ0v) is 16.5. The summed E-state index contributed by atoms with van der Waals surface area (Å²) >= 11 is 0. The lowest BCUT2D eigenvalue weighted by Gasteiger charge is -2.22. The highest BCUT2D eigenvalue weighted by atomic mass is 32.2. The number of aliphatic hydroxyl groups is 1. The van der Waals surface area contributed by atoms with Crippen LogP contribution in [0.25, 0.3) is 0 Å². The predicted octanol–water partition coefficient (Wildman–Crippen LogP) is 1.49. The standard InChI is InChI=1S/C17H33N3O5S/c1-26(23,24)19-12-10-16(18)20-25-17(22)15(11-13-21)9-5-8-14-6-3-2-4-7-14/h14-15,19,21H,2-13H2,1H3,(H2,18,20)/t15-/m1/s1. The molecular formula is C17H33N3O5S. The number of hydrogen-bond acceptors (Lipinski definition) is 6. The van der Waals surface area contributed by atoms with Crippen LogP contribution < -0.4 is 10.5 Å². The Balaban J connectivity index is 2.34.